The van der Waals surface area contributed by atoms with Gasteiger partial charge in [-0.3, -0.25) is 37.3 Å². The van der Waals surface area contributed by atoms with Crippen LogP contribution < -0.4 is 0 Å². The molecule has 0 fully saturated rings. The Hall–Kier alpha value is -2.46. The second-order valence-corrected chi connectivity index (χ2v) is 32.2. The van der Waals surface area contributed by atoms with Crippen LogP contribution in [-0.4, -0.2) is 96.7 Å². The topological polar surface area (TPSA) is 237 Å². The molecule has 0 aliphatic carbocycles. The smallest absolute Gasteiger partial charge is 0.462 e. The summed E-state index contributed by atoms with van der Waals surface area (Å²) in [5.41, 5.74) is 0. The fourth-order valence-corrected chi connectivity index (χ4v) is 13.8. The zero-order chi connectivity index (χ0) is 74.1. The van der Waals surface area contributed by atoms with Crippen LogP contribution in [0.15, 0.2) is 24.3 Å². The Bertz CT molecular complexity index is 2020. The summed E-state index contributed by atoms with van der Waals surface area (Å²) < 4.78 is 68.7. The summed E-state index contributed by atoms with van der Waals surface area (Å²) in [6.45, 7) is 7.28. The van der Waals surface area contributed by atoms with Gasteiger partial charge in [0.15, 0.2) is 12.2 Å². The van der Waals surface area contributed by atoms with E-state index in [2.05, 4.69) is 58.9 Å². The summed E-state index contributed by atoms with van der Waals surface area (Å²) in [6, 6.07) is 0. The summed E-state index contributed by atoms with van der Waals surface area (Å²) in [6.07, 6.45) is 68.8. The number of esters is 4. The van der Waals surface area contributed by atoms with Crippen molar-refractivity contribution in [3.63, 3.8) is 0 Å². The molecule has 0 aliphatic heterocycles. The Kier molecular flexibility index (Phi) is 72.6. The van der Waals surface area contributed by atoms with Gasteiger partial charge in [0.1, 0.15) is 19.3 Å². The number of aliphatic hydroxyl groups excluding tert-OH is 1. The van der Waals surface area contributed by atoms with Gasteiger partial charge in [0.25, 0.3) is 0 Å². The molecule has 0 aromatic rings. The number of carbonyl (C=O) groups is 4. The molecule has 0 aliphatic rings. The van der Waals surface area contributed by atoms with E-state index in [1.54, 1.807) is 0 Å². The maximum atomic E-state index is 13.1. The van der Waals surface area contributed by atoms with Gasteiger partial charge >= 0.3 is 39.5 Å². The van der Waals surface area contributed by atoms with E-state index < -0.39 is 97.5 Å². The van der Waals surface area contributed by atoms with Crippen LogP contribution in [0.4, 0.5) is 0 Å². The molecule has 0 rings (SSSR count). The highest BCUT2D eigenvalue weighted by atomic mass is 31.2. The Morgan fingerprint density at radius 2 is 0.535 bits per heavy atom. The molecule has 0 amide bonds. The first kappa shape index (κ1) is 98.5. The highest BCUT2D eigenvalue weighted by molar-refractivity contribution is 7.47. The molecule has 5 atom stereocenters. The highest BCUT2D eigenvalue weighted by Crippen LogP contribution is 2.45. The molecular formula is C82H156O17P2. The quantitative estimate of drug-likeness (QED) is 0.0169. The van der Waals surface area contributed by atoms with E-state index in [9.17, 15) is 43.2 Å². The van der Waals surface area contributed by atoms with E-state index in [0.717, 1.165) is 109 Å². The van der Waals surface area contributed by atoms with Crippen molar-refractivity contribution in [1.29, 1.82) is 0 Å². The molecule has 0 radical (unpaired) electrons. The first-order valence-electron chi connectivity index (χ1n) is 42.0. The lowest BCUT2D eigenvalue weighted by molar-refractivity contribution is -0.161. The molecule has 0 bridgehead atoms. The molecule has 19 heteroatoms. The fraction of sp³-hybridized carbons (Fsp3) is 0.902. The normalized spacial score (nSPS) is 14.0. The molecule has 0 saturated heterocycles. The van der Waals surface area contributed by atoms with Crippen molar-refractivity contribution >= 4 is 39.5 Å². The number of carbonyl (C=O) groups excluding carboxylic acids is 4. The molecule has 101 heavy (non-hydrogen) atoms. The fourth-order valence-electron chi connectivity index (χ4n) is 12.2. The standard InChI is InChI=1S/C82H156O17P2/c1-6-9-12-15-18-21-24-26-28-29-30-31-32-34-38-43-48-53-58-63-68-82(87)99-78(72-93-80(85)66-61-56-51-46-41-39-35-36-40-44-49-54-59-64-75(4)5)74-97-101(90,91)95-70-76(83)69-94-100(88,89)96-73-77(71-92-79(84)65-60-55-50-45-23-20-17-14-11-8-3)98-81(86)67-62-57-52-47-42-37-33-27-25-22-19-16-13-10-7-2/h22,25,27,33,75-78,83H,6-21,23-24,26,28-32,34-74H2,1-5H3,(H,88,89)(H,90,91)/b25-22-,33-27-/t76-,77+,78+/m0/s1. The third kappa shape index (κ3) is 75.6. The molecule has 0 saturated carbocycles. The number of phosphoric acid groups is 2. The van der Waals surface area contributed by atoms with Gasteiger partial charge in [-0.2, -0.15) is 0 Å². The zero-order valence-electron chi connectivity index (χ0n) is 65.5. The Balaban J connectivity index is 5.26. The lowest BCUT2D eigenvalue weighted by Gasteiger charge is -2.21. The molecule has 17 nitrogen and oxygen atoms in total. The number of ether oxygens (including phenoxy) is 4. The van der Waals surface area contributed by atoms with E-state index in [1.165, 1.54) is 225 Å². The molecule has 0 aromatic carbocycles. The highest BCUT2D eigenvalue weighted by Gasteiger charge is 2.30. The van der Waals surface area contributed by atoms with Gasteiger partial charge in [0, 0.05) is 25.7 Å². The summed E-state index contributed by atoms with van der Waals surface area (Å²) in [7, 11) is -9.93. The van der Waals surface area contributed by atoms with Gasteiger partial charge in [0.2, 0.25) is 0 Å². The molecule has 596 valence electrons. The van der Waals surface area contributed by atoms with Crippen LogP contribution in [0.2, 0.25) is 0 Å². The number of aliphatic hydroxyl groups is 1. The van der Waals surface area contributed by atoms with E-state index in [-0.39, 0.29) is 25.7 Å². The Morgan fingerprint density at radius 1 is 0.307 bits per heavy atom. The average Bonchev–Trinajstić information content (AvgIpc) is 0.936. The molecular weight excluding hydrogens is 1320 g/mol. The maximum absolute atomic E-state index is 13.1. The van der Waals surface area contributed by atoms with Gasteiger partial charge in [0.05, 0.1) is 26.4 Å². The summed E-state index contributed by atoms with van der Waals surface area (Å²) in [4.78, 5) is 73.0. The van der Waals surface area contributed by atoms with Crippen molar-refractivity contribution < 1.29 is 80.2 Å². The predicted octanol–water partition coefficient (Wildman–Crippen LogP) is 24.4. The van der Waals surface area contributed by atoms with Crippen molar-refractivity contribution in [3.8, 4) is 0 Å². The van der Waals surface area contributed by atoms with Gasteiger partial charge in [-0.25, -0.2) is 9.13 Å². The second-order valence-electron chi connectivity index (χ2n) is 29.3. The van der Waals surface area contributed by atoms with Crippen molar-refractivity contribution in [2.45, 2.75) is 432 Å². The molecule has 2 unspecified atom stereocenters. The average molecular weight is 1480 g/mol. The van der Waals surface area contributed by atoms with E-state index in [4.69, 9.17) is 37.0 Å². The lowest BCUT2D eigenvalue weighted by Crippen LogP contribution is -2.30. The lowest BCUT2D eigenvalue weighted by atomic mass is 10.0. The molecule has 0 aromatic heterocycles. The van der Waals surface area contributed by atoms with E-state index in [0.29, 0.717) is 25.7 Å². The van der Waals surface area contributed by atoms with Gasteiger partial charge < -0.3 is 33.8 Å². The summed E-state index contributed by atoms with van der Waals surface area (Å²) in [5.74, 6) is -1.35. The molecule has 3 N–H and O–H groups in total. The molecule has 0 spiro atoms. The number of allylic oxidation sites excluding steroid dienone is 4. The van der Waals surface area contributed by atoms with Crippen molar-refractivity contribution in [3.05, 3.63) is 24.3 Å². The Labute approximate surface area is 618 Å². The van der Waals surface area contributed by atoms with Crippen LogP contribution in [0.3, 0.4) is 0 Å². The van der Waals surface area contributed by atoms with Crippen LogP contribution in [0.1, 0.15) is 413 Å². The van der Waals surface area contributed by atoms with Gasteiger partial charge in [-0.05, 0) is 57.3 Å². The first-order chi connectivity index (χ1) is 49.0. The predicted molar refractivity (Wildman–Crippen MR) is 414 cm³/mol. The maximum Gasteiger partial charge on any atom is 0.472 e. The third-order valence-electron chi connectivity index (χ3n) is 18.7. The number of unbranched alkanes of at least 4 members (excludes halogenated alkanes) is 49. The van der Waals surface area contributed by atoms with Gasteiger partial charge in [-0.1, -0.05) is 361 Å². The van der Waals surface area contributed by atoms with Crippen molar-refractivity contribution in [2.75, 3.05) is 39.6 Å². The van der Waals surface area contributed by atoms with E-state index in [1.807, 2.05) is 0 Å². The zero-order valence-corrected chi connectivity index (χ0v) is 67.3. The van der Waals surface area contributed by atoms with Crippen molar-refractivity contribution in [2.24, 2.45) is 5.92 Å². The monoisotopic (exact) mass is 1480 g/mol. The number of hydrogen-bond acceptors (Lipinski definition) is 15. The van der Waals surface area contributed by atoms with E-state index >= 15 is 0 Å². The first-order valence-corrected chi connectivity index (χ1v) is 44.9. The Morgan fingerprint density at radius 3 is 0.812 bits per heavy atom. The minimum Gasteiger partial charge on any atom is -0.462 e. The summed E-state index contributed by atoms with van der Waals surface area (Å²) >= 11 is 0. The van der Waals surface area contributed by atoms with Crippen LogP contribution in [0.5, 0.6) is 0 Å². The largest absolute Gasteiger partial charge is 0.472 e. The molecule has 0 heterocycles. The summed E-state index contributed by atoms with van der Waals surface area (Å²) in [5, 5.41) is 10.6. The van der Waals surface area contributed by atoms with Crippen LogP contribution >= 0.6 is 15.6 Å². The third-order valence-corrected chi connectivity index (χ3v) is 20.6. The SMILES string of the molecule is CCCCCC/C=C\C=C/CCCCCCCC(=O)O[C@H](COC(=O)CCCCCCCCCCCC)COP(=O)(O)OC[C@H](O)COP(=O)(O)OC[C@@H](COC(=O)CCCCCCCCCCCCCCCC(C)C)OC(=O)CCCCCCCCCCCCCCCCCCCCCC. The second kappa shape index (κ2) is 74.4. The number of hydrogen-bond donors (Lipinski definition) is 3. The van der Waals surface area contributed by atoms with Gasteiger partial charge in [-0.15, -0.1) is 0 Å². The number of rotatable bonds is 80. The van der Waals surface area contributed by atoms with Crippen molar-refractivity contribution in [1.82, 2.24) is 0 Å². The van der Waals surface area contributed by atoms with Crippen LogP contribution in [-0.2, 0) is 65.4 Å². The minimum absolute atomic E-state index is 0.0855. The minimum atomic E-state index is -4.97. The number of phosphoric ester groups is 2. The van der Waals surface area contributed by atoms with Crippen LogP contribution in [0.25, 0.3) is 0 Å². The van der Waals surface area contributed by atoms with Crippen LogP contribution in [0, 0.1) is 5.92 Å².